The van der Waals surface area contributed by atoms with Gasteiger partial charge in [0.2, 0.25) is 0 Å². The molecule has 1 aromatic carbocycles. The van der Waals surface area contributed by atoms with Crippen LogP contribution in [0, 0.1) is 15.4 Å². The average molecular weight is 412 g/mol. The zero-order chi connectivity index (χ0) is 13.8. The van der Waals surface area contributed by atoms with E-state index in [0.717, 1.165) is 9.99 Å². The topological polar surface area (TPSA) is 29.1 Å². The number of halogens is 3. The quantitative estimate of drug-likeness (QED) is 0.579. The maximum atomic E-state index is 12.1. The van der Waals surface area contributed by atoms with Crippen LogP contribution >= 0.6 is 45.8 Å². The SMILES string of the molecule is O=C(NCC1CCCC1CCl)c1ccc(I)c(Cl)c1. The minimum atomic E-state index is -0.0569. The second-order valence-electron chi connectivity index (χ2n) is 4.94. The predicted molar refractivity (Wildman–Crippen MR) is 88.1 cm³/mol. The van der Waals surface area contributed by atoms with Gasteiger partial charge in [0, 0.05) is 21.6 Å². The first kappa shape index (κ1) is 15.4. The first-order chi connectivity index (χ1) is 9.11. The molecule has 0 saturated heterocycles. The lowest BCUT2D eigenvalue weighted by Gasteiger charge is -2.17. The lowest BCUT2D eigenvalue weighted by Crippen LogP contribution is -2.31. The monoisotopic (exact) mass is 411 g/mol. The molecular formula is C14H16Cl2INO. The molecule has 2 atom stereocenters. The van der Waals surface area contributed by atoms with Crippen LogP contribution in [0.25, 0.3) is 0 Å². The Hall–Kier alpha value is -0.0000000000000000555. The first-order valence-corrected chi connectivity index (χ1v) is 8.40. The molecule has 1 aliphatic rings. The van der Waals surface area contributed by atoms with Crippen molar-refractivity contribution >= 4 is 51.7 Å². The number of carbonyl (C=O) groups is 1. The van der Waals surface area contributed by atoms with Gasteiger partial charge in [-0.1, -0.05) is 18.0 Å². The van der Waals surface area contributed by atoms with Gasteiger partial charge in [-0.2, -0.15) is 0 Å². The van der Waals surface area contributed by atoms with Gasteiger partial charge in [-0.05, 0) is 65.5 Å². The molecule has 104 valence electrons. The van der Waals surface area contributed by atoms with E-state index in [1.54, 1.807) is 12.1 Å². The molecule has 0 aliphatic heterocycles. The number of hydrogen-bond acceptors (Lipinski definition) is 1. The van der Waals surface area contributed by atoms with Crippen LogP contribution in [-0.2, 0) is 0 Å². The van der Waals surface area contributed by atoms with E-state index in [0.29, 0.717) is 34.8 Å². The molecule has 1 N–H and O–H groups in total. The highest BCUT2D eigenvalue weighted by molar-refractivity contribution is 14.1. The summed E-state index contributed by atoms with van der Waals surface area (Å²) in [6, 6.07) is 5.37. The molecule has 0 heterocycles. The molecule has 2 unspecified atom stereocenters. The smallest absolute Gasteiger partial charge is 0.251 e. The van der Waals surface area contributed by atoms with Crippen molar-refractivity contribution in [3.8, 4) is 0 Å². The Balaban J connectivity index is 1.92. The minimum absolute atomic E-state index is 0.0569. The van der Waals surface area contributed by atoms with Crippen molar-refractivity contribution in [1.82, 2.24) is 5.32 Å². The lowest BCUT2D eigenvalue weighted by molar-refractivity contribution is 0.0944. The molecule has 5 heteroatoms. The summed E-state index contributed by atoms with van der Waals surface area (Å²) in [5.74, 6) is 1.69. The standard InChI is InChI=1S/C14H16Cl2INO/c15-7-10-2-1-3-11(10)8-18-14(19)9-4-5-13(17)12(16)6-9/h4-6,10-11H,1-3,7-8H2,(H,18,19). The fourth-order valence-corrected chi connectivity index (χ4v) is 3.47. The van der Waals surface area contributed by atoms with Crippen LogP contribution in [0.5, 0.6) is 0 Å². The molecule has 1 aliphatic carbocycles. The number of carbonyl (C=O) groups excluding carboxylic acids is 1. The second-order valence-corrected chi connectivity index (χ2v) is 6.82. The zero-order valence-electron chi connectivity index (χ0n) is 10.5. The van der Waals surface area contributed by atoms with Crippen molar-refractivity contribution < 1.29 is 4.79 Å². The van der Waals surface area contributed by atoms with Gasteiger partial charge in [-0.15, -0.1) is 11.6 Å². The Morgan fingerprint density at radius 2 is 2.11 bits per heavy atom. The Morgan fingerprint density at radius 3 is 2.79 bits per heavy atom. The normalized spacial score (nSPS) is 22.5. The summed E-state index contributed by atoms with van der Waals surface area (Å²) in [4.78, 5) is 12.1. The molecule has 0 aromatic heterocycles. The van der Waals surface area contributed by atoms with Gasteiger partial charge < -0.3 is 5.32 Å². The molecule has 1 fully saturated rings. The average Bonchev–Trinajstić information content (AvgIpc) is 2.86. The third kappa shape index (κ3) is 3.99. The highest BCUT2D eigenvalue weighted by Gasteiger charge is 2.26. The fraction of sp³-hybridized carbons (Fsp3) is 0.500. The highest BCUT2D eigenvalue weighted by atomic mass is 127. The number of alkyl halides is 1. The summed E-state index contributed by atoms with van der Waals surface area (Å²) in [7, 11) is 0. The number of rotatable bonds is 4. The Kier molecular flexibility index (Phi) is 5.78. The van der Waals surface area contributed by atoms with Gasteiger partial charge in [0.1, 0.15) is 0 Å². The lowest BCUT2D eigenvalue weighted by atomic mass is 9.98. The molecule has 1 aromatic rings. The molecule has 0 bridgehead atoms. The van der Waals surface area contributed by atoms with Crippen LogP contribution in [0.3, 0.4) is 0 Å². The molecule has 19 heavy (non-hydrogen) atoms. The van der Waals surface area contributed by atoms with Crippen LogP contribution in [-0.4, -0.2) is 18.3 Å². The highest BCUT2D eigenvalue weighted by Crippen LogP contribution is 2.32. The van der Waals surface area contributed by atoms with E-state index in [-0.39, 0.29) is 5.91 Å². The van der Waals surface area contributed by atoms with Crippen LogP contribution in [0.1, 0.15) is 29.6 Å². The summed E-state index contributed by atoms with van der Waals surface area (Å²) < 4.78 is 0.953. The third-order valence-corrected chi connectivity index (χ3v) is 5.69. The number of amides is 1. The number of benzene rings is 1. The van der Waals surface area contributed by atoms with Crippen molar-refractivity contribution in [3.05, 3.63) is 32.4 Å². The van der Waals surface area contributed by atoms with E-state index >= 15 is 0 Å². The zero-order valence-corrected chi connectivity index (χ0v) is 14.1. The summed E-state index contributed by atoms with van der Waals surface area (Å²) in [6.45, 7) is 0.708. The maximum absolute atomic E-state index is 12.1. The third-order valence-electron chi connectivity index (χ3n) is 3.72. The van der Waals surface area contributed by atoms with Gasteiger partial charge in [0.05, 0.1) is 5.02 Å². The van der Waals surface area contributed by atoms with Crippen molar-refractivity contribution in [3.63, 3.8) is 0 Å². The van der Waals surface area contributed by atoms with Crippen molar-refractivity contribution in [1.29, 1.82) is 0 Å². The van der Waals surface area contributed by atoms with E-state index in [4.69, 9.17) is 23.2 Å². The van der Waals surface area contributed by atoms with Gasteiger partial charge >= 0.3 is 0 Å². The first-order valence-electron chi connectivity index (χ1n) is 6.41. The van der Waals surface area contributed by atoms with Crippen molar-refractivity contribution in [2.24, 2.45) is 11.8 Å². The van der Waals surface area contributed by atoms with E-state index in [1.165, 1.54) is 12.8 Å². The van der Waals surface area contributed by atoms with Crippen LogP contribution in [0.2, 0.25) is 5.02 Å². The molecule has 2 nitrogen and oxygen atoms in total. The van der Waals surface area contributed by atoms with E-state index < -0.39 is 0 Å². The summed E-state index contributed by atoms with van der Waals surface area (Å²) in [5.41, 5.74) is 0.617. The second kappa shape index (κ2) is 7.14. The number of hydrogen-bond donors (Lipinski definition) is 1. The fourth-order valence-electron chi connectivity index (χ4n) is 2.55. The van der Waals surface area contributed by atoms with Gasteiger partial charge in [-0.3, -0.25) is 4.79 Å². The van der Waals surface area contributed by atoms with E-state index in [1.807, 2.05) is 6.07 Å². The van der Waals surface area contributed by atoms with Crippen LogP contribution < -0.4 is 5.32 Å². The van der Waals surface area contributed by atoms with Gasteiger partial charge in [0.15, 0.2) is 0 Å². The largest absolute Gasteiger partial charge is 0.352 e. The maximum Gasteiger partial charge on any atom is 0.251 e. The predicted octanol–water partition coefficient (Wildman–Crippen LogP) is 4.33. The van der Waals surface area contributed by atoms with Crippen molar-refractivity contribution in [2.75, 3.05) is 12.4 Å². The summed E-state index contributed by atoms with van der Waals surface area (Å²) >= 11 is 14.1. The van der Waals surface area contributed by atoms with Crippen LogP contribution in [0.15, 0.2) is 18.2 Å². The Morgan fingerprint density at radius 1 is 1.37 bits per heavy atom. The Labute approximate surface area is 137 Å². The molecule has 1 saturated carbocycles. The molecule has 0 radical (unpaired) electrons. The molecule has 1 amide bonds. The molecule has 0 spiro atoms. The minimum Gasteiger partial charge on any atom is -0.352 e. The van der Waals surface area contributed by atoms with Gasteiger partial charge in [-0.25, -0.2) is 0 Å². The van der Waals surface area contributed by atoms with Crippen molar-refractivity contribution in [2.45, 2.75) is 19.3 Å². The molecule has 2 rings (SSSR count). The van der Waals surface area contributed by atoms with E-state index in [2.05, 4.69) is 27.9 Å². The van der Waals surface area contributed by atoms with Gasteiger partial charge in [0.25, 0.3) is 5.91 Å². The summed E-state index contributed by atoms with van der Waals surface area (Å²) in [5, 5.41) is 3.61. The van der Waals surface area contributed by atoms with Crippen LogP contribution in [0.4, 0.5) is 0 Å². The van der Waals surface area contributed by atoms with E-state index in [9.17, 15) is 4.79 Å². The number of nitrogens with one attached hydrogen (secondary N) is 1. The molecular weight excluding hydrogens is 396 g/mol. The summed E-state index contributed by atoms with van der Waals surface area (Å²) in [6.07, 6.45) is 3.55. The Bertz CT molecular complexity index is 467.